The minimum absolute atomic E-state index is 0.000869. The number of carbonyl (C=O) groups excluding carboxylic acids is 2. The molecule has 0 spiro atoms. The maximum atomic E-state index is 12.1. The van der Waals surface area contributed by atoms with Crippen molar-refractivity contribution in [3.63, 3.8) is 0 Å². The summed E-state index contributed by atoms with van der Waals surface area (Å²) in [6, 6.07) is 14.5. The highest BCUT2D eigenvalue weighted by Crippen LogP contribution is 2.06. The first-order chi connectivity index (χ1) is 14.8. The van der Waals surface area contributed by atoms with Gasteiger partial charge in [-0.05, 0) is 11.1 Å². The molecule has 2 atom stereocenters. The summed E-state index contributed by atoms with van der Waals surface area (Å²) in [5.74, 6) is -5.83. The summed E-state index contributed by atoms with van der Waals surface area (Å²) in [6.45, 7) is 0. The predicted octanol–water partition coefficient (Wildman–Crippen LogP) is 1.05. The van der Waals surface area contributed by atoms with E-state index in [0.717, 1.165) is 0 Å². The van der Waals surface area contributed by atoms with Gasteiger partial charge < -0.3 is 26.0 Å². The molecule has 2 amide bonds. The molecule has 2 aromatic rings. The highest BCUT2D eigenvalue weighted by molar-refractivity contribution is 6.01. The fourth-order valence-corrected chi connectivity index (χ4v) is 2.74. The summed E-state index contributed by atoms with van der Waals surface area (Å²) >= 11 is 0. The molecule has 0 aromatic heterocycles. The summed E-state index contributed by atoms with van der Waals surface area (Å²) in [4.78, 5) is 47.0. The zero-order valence-corrected chi connectivity index (χ0v) is 16.4. The number of nitrogens with one attached hydrogen (secondary N) is 2. The van der Waals surface area contributed by atoms with Gasteiger partial charge in [0.05, 0.1) is 6.08 Å². The first-order valence-electron chi connectivity index (χ1n) is 9.31. The highest BCUT2D eigenvalue weighted by atomic mass is 16.4. The first kappa shape index (κ1) is 23.1. The van der Waals surface area contributed by atoms with E-state index in [1.165, 1.54) is 0 Å². The number of hydrogen-bond donors (Lipinski definition) is 5. The number of carbonyl (C=O) groups is 4. The second-order valence-electron chi connectivity index (χ2n) is 6.67. The number of amides is 2. The van der Waals surface area contributed by atoms with Gasteiger partial charge in [-0.15, -0.1) is 0 Å². The van der Waals surface area contributed by atoms with Crippen LogP contribution in [0.4, 0.5) is 0 Å². The zero-order valence-electron chi connectivity index (χ0n) is 16.4. The van der Waals surface area contributed by atoms with Gasteiger partial charge in [0.15, 0.2) is 5.76 Å². The summed E-state index contributed by atoms with van der Waals surface area (Å²) in [5.41, 5.74) is 1.33. The summed E-state index contributed by atoms with van der Waals surface area (Å²) in [7, 11) is 0. The van der Waals surface area contributed by atoms with Crippen LogP contribution >= 0.6 is 0 Å². The van der Waals surface area contributed by atoms with Crippen LogP contribution in [-0.4, -0.2) is 51.2 Å². The molecule has 31 heavy (non-hydrogen) atoms. The van der Waals surface area contributed by atoms with Gasteiger partial charge in [0.2, 0.25) is 5.91 Å². The third-order valence-electron chi connectivity index (χ3n) is 4.28. The number of hydrogen-bond acceptors (Lipinski definition) is 5. The van der Waals surface area contributed by atoms with E-state index in [2.05, 4.69) is 10.6 Å². The SMILES string of the molecule is O=C(/C=C(\O)C(=O)N[C@@H](Cc1ccccc1)C(=O)O)N[C@@H](Cc1ccccc1)C(=O)O. The van der Waals surface area contributed by atoms with Gasteiger partial charge in [0.25, 0.3) is 5.91 Å². The molecule has 5 N–H and O–H groups in total. The molecule has 0 bridgehead atoms. The van der Waals surface area contributed by atoms with Gasteiger partial charge in [-0.25, -0.2) is 9.59 Å². The van der Waals surface area contributed by atoms with Gasteiger partial charge in [-0.2, -0.15) is 0 Å². The van der Waals surface area contributed by atoms with Crippen molar-refractivity contribution in [2.24, 2.45) is 0 Å². The van der Waals surface area contributed by atoms with Crippen LogP contribution in [0.3, 0.4) is 0 Å². The molecule has 0 unspecified atom stereocenters. The van der Waals surface area contributed by atoms with Crippen LogP contribution in [0.25, 0.3) is 0 Å². The third-order valence-corrected chi connectivity index (χ3v) is 4.28. The van der Waals surface area contributed by atoms with Crippen LogP contribution in [0, 0.1) is 0 Å². The van der Waals surface area contributed by atoms with Crippen molar-refractivity contribution in [1.29, 1.82) is 0 Å². The molecule has 0 aliphatic rings. The van der Waals surface area contributed by atoms with E-state index in [9.17, 15) is 34.5 Å². The Kier molecular flexibility index (Phi) is 8.32. The second-order valence-corrected chi connectivity index (χ2v) is 6.67. The maximum Gasteiger partial charge on any atom is 0.326 e. The first-order valence-corrected chi connectivity index (χ1v) is 9.31. The Hall–Kier alpha value is -4.14. The lowest BCUT2D eigenvalue weighted by Gasteiger charge is -2.15. The van der Waals surface area contributed by atoms with Crippen molar-refractivity contribution in [3.05, 3.63) is 83.6 Å². The standard InChI is InChI=1S/C22H22N2O7/c25-18(20(27)24-17(22(30)31)12-15-9-5-2-6-10-15)13-19(26)23-16(21(28)29)11-14-7-3-1-4-8-14/h1-10,13,16-17,25H,11-12H2,(H,23,26)(H,24,27)(H,28,29)(H,30,31)/b18-13-/t16-,17-/m0/s1. The van der Waals surface area contributed by atoms with Crippen molar-refractivity contribution in [2.75, 3.05) is 0 Å². The number of benzene rings is 2. The van der Waals surface area contributed by atoms with Crippen LogP contribution < -0.4 is 10.6 Å². The van der Waals surface area contributed by atoms with E-state index >= 15 is 0 Å². The van der Waals surface area contributed by atoms with Gasteiger partial charge in [-0.1, -0.05) is 60.7 Å². The molecule has 0 aliphatic heterocycles. The Morgan fingerprint density at radius 1 is 0.710 bits per heavy atom. The van der Waals surface area contributed by atoms with E-state index in [0.29, 0.717) is 17.2 Å². The molecule has 0 saturated carbocycles. The van der Waals surface area contributed by atoms with E-state index in [1.807, 2.05) is 0 Å². The molecule has 0 radical (unpaired) electrons. The molecule has 0 aliphatic carbocycles. The summed E-state index contributed by atoms with van der Waals surface area (Å²) in [6.07, 6.45) is 0.484. The van der Waals surface area contributed by atoms with Crippen LogP contribution in [0.15, 0.2) is 72.5 Å². The summed E-state index contributed by atoms with van der Waals surface area (Å²) in [5, 5.41) is 32.8. The third kappa shape index (κ3) is 7.65. The molecular formula is C22H22N2O7. The largest absolute Gasteiger partial charge is 0.503 e. The highest BCUT2D eigenvalue weighted by Gasteiger charge is 2.24. The van der Waals surface area contributed by atoms with E-state index in [4.69, 9.17) is 0 Å². The second kappa shape index (κ2) is 11.1. The normalized spacial score (nSPS) is 13.0. The number of carboxylic acids is 2. The van der Waals surface area contributed by atoms with Gasteiger partial charge in [0.1, 0.15) is 12.1 Å². The fraction of sp³-hybridized carbons (Fsp3) is 0.182. The van der Waals surface area contributed by atoms with Crippen LogP contribution in [-0.2, 0) is 32.0 Å². The Morgan fingerprint density at radius 3 is 1.55 bits per heavy atom. The Morgan fingerprint density at radius 2 is 1.13 bits per heavy atom. The number of carboxylic acid groups (broad SMARTS) is 2. The molecule has 0 fully saturated rings. The fourth-order valence-electron chi connectivity index (χ4n) is 2.74. The van der Waals surface area contributed by atoms with E-state index < -0.39 is 41.6 Å². The monoisotopic (exact) mass is 426 g/mol. The maximum absolute atomic E-state index is 12.1. The molecule has 9 nitrogen and oxygen atoms in total. The van der Waals surface area contributed by atoms with Crippen molar-refractivity contribution in [2.45, 2.75) is 24.9 Å². The quantitative estimate of drug-likeness (QED) is 0.281. The van der Waals surface area contributed by atoms with Gasteiger partial charge in [-0.3, -0.25) is 9.59 Å². The smallest absolute Gasteiger partial charge is 0.326 e. The van der Waals surface area contributed by atoms with Crippen LogP contribution in [0.2, 0.25) is 0 Å². The number of rotatable bonds is 10. The number of aliphatic hydroxyl groups is 1. The molecule has 2 aromatic carbocycles. The Bertz CT molecular complexity index is 958. The van der Waals surface area contributed by atoms with Crippen LogP contribution in [0.1, 0.15) is 11.1 Å². The summed E-state index contributed by atoms with van der Waals surface area (Å²) < 4.78 is 0. The lowest BCUT2D eigenvalue weighted by Crippen LogP contribution is -2.44. The minimum Gasteiger partial charge on any atom is -0.503 e. The average Bonchev–Trinajstić information content (AvgIpc) is 2.74. The van der Waals surface area contributed by atoms with Crippen molar-refractivity contribution < 1.29 is 34.5 Å². The van der Waals surface area contributed by atoms with Gasteiger partial charge in [0, 0.05) is 12.8 Å². The van der Waals surface area contributed by atoms with E-state index in [1.54, 1.807) is 60.7 Å². The average molecular weight is 426 g/mol. The Labute approximate surface area is 178 Å². The molecule has 2 rings (SSSR count). The topological polar surface area (TPSA) is 153 Å². The minimum atomic E-state index is -1.33. The van der Waals surface area contributed by atoms with Crippen molar-refractivity contribution in [1.82, 2.24) is 10.6 Å². The van der Waals surface area contributed by atoms with Crippen LogP contribution in [0.5, 0.6) is 0 Å². The lowest BCUT2D eigenvalue weighted by molar-refractivity contribution is -0.142. The number of aliphatic carboxylic acids is 2. The zero-order chi connectivity index (χ0) is 22.8. The molecule has 0 saturated heterocycles. The predicted molar refractivity (Wildman–Crippen MR) is 110 cm³/mol. The molecular weight excluding hydrogens is 404 g/mol. The van der Waals surface area contributed by atoms with Crippen molar-refractivity contribution in [3.8, 4) is 0 Å². The Balaban J connectivity index is 2.00. The number of aliphatic hydroxyl groups excluding tert-OH is 1. The lowest BCUT2D eigenvalue weighted by atomic mass is 10.1. The molecule has 9 heteroatoms. The molecule has 162 valence electrons. The van der Waals surface area contributed by atoms with E-state index in [-0.39, 0.29) is 12.8 Å². The van der Waals surface area contributed by atoms with Crippen molar-refractivity contribution >= 4 is 23.8 Å². The molecule has 0 heterocycles. The van der Waals surface area contributed by atoms with Gasteiger partial charge >= 0.3 is 11.9 Å².